The minimum atomic E-state index is -1.13. The van der Waals surface area contributed by atoms with Crippen LogP contribution in [0.15, 0.2) is 48.6 Å². The van der Waals surface area contributed by atoms with Gasteiger partial charge in [0.2, 0.25) is 0 Å². The first kappa shape index (κ1) is 53.3. The zero-order chi connectivity index (χ0) is 41.4. The van der Waals surface area contributed by atoms with E-state index in [1.54, 1.807) is 21.1 Å². The summed E-state index contributed by atoms with van der Waals surface area (Å²) in [6.45, 7) is 4.51. The van der Waals surface area contributed by atoms with Gasteiger partial charge in [-0.05, 0) is 32.1 Å². The number of ether oxygens (including phenoxy) is 3. The van der Waals surface area contributed by atoms with Crippen LogP contribution in [0.4, 0.5) is 0 Å². The molecule has 2 atom stereocenters. The number of esters is 2. The lowest BCUT2D eigenvalue weighted by molar-refractivity contribution is -0.889. The molecule has 324 valence electrons. The lowest BCUT2D eigenvalue weighted by atomic mass is 10.0. The number of allylic oxidation sites excluding steroid dienone is 8. The van der Waals surface area contributed by atoms with Crippen LogP contribution in [0.1, 0.15) is 187 Å². The summed E-state index contributed by atoms with van der Waals surface area (Å²) in [6, 6.07) is -0.729. The van der Waals surface area contributed by atoms with Crippen molar-refractivity contribution in [2.24, 2.45) is 0 Å². The SMILES string of the molecule is CC/C=C/C=C/C=C/C=C/CCCCCCCC(=O)OCC(COCCC(C(=O)[O-])[N+](C)(C)C)OC(=O)CCCCCCCCCCCCCCCCCCC. The van der Waals surface area contributed by atoms with Gasteiger partial charge in [-0.15, -0.1) is 0 Å². The molecule has 0 amide bonds. The van der Waals surface area contributed by atoms with Crippen LogP contribution in [0, 0.1) is 0 Å². The number of quaternary nitrogens is 1. The Morgan fingerprint density at radius 1 is 0.554 bits per heavy atom. The van der Waals surface area contributed by atoms with Crippen molar-refractivity contribution in [1.82, 2.24) is 0 Å². The predicted molar refractivity (Wildman–Crippen MR) is 231 cm³/mol. The van der Waals surface area contributed by atoms with Crippen molar-refractivity contribution < 1.29 is 38.2 Å². The van der Waals surface area contributed by atoms with Gasteiger partial charge in [0.1, 0.15) is 12.6 Å². The predicted octanol–water partition coefficient (Wildman–Crippen LogP) is 11.1. The van der Waals surface area contributed by atoms with Crippen LogP contribution in [-0.2, 0) is 28.6 Å². The molecule has 56 heavy (non-hydrogen) atoms. The first-order valence-electron chi connectivity index (χ1n) is 22.7. The molecule has 0 aliphatic rings. The average molecular weight is 788 g/mol. The third-order valence-corrected chi connectivity index (χ3v) is 10.1. The molecular weight excluding hydrogens is 703 g/mol. The second kappa shape index (κ2) is 39.1. The van der Waals surface area contributed by atoms with Crippen LogP contribution < -0.4 is 5.11 Å². The monoisotopic (exact) mass is 788 g/mol. The second-order valence-electron chi connectivity index (χ2n) is 16.4. The number of rotatable bonds is 40. The molecule has 0 aromatic heterocycles. The Morgan fingerprint density at radius 3 is 1.48 bits per heavy atom. The van der Waals surface area contributed by atoms with Gasteiger partial charge >= 0.3 is 11.9 Å². The fourth-order valence-corrected chi connectivity index (χ4v) is 6.55. The molecule has 0 aromatic rings. The van der Waals surface area contributed by atoms with Gasteiger partial charge in [-0.25, -0.2) is 0 Å². The first-order valence-corrected chi connectivity index (χ1v) is 22.7. The maximum Gasteiger partial charge on any atom is 0.306 e. The van der Waals surface area contributed by atoms with Gasteiger partial charge in [-0.3, -0.25) is 9.59 Å². The lowest BCUT2D eigenvalue weighted by Crippen LogP contribution is -2.55. The van der Waals surface area contributed by atoms with Crippen molar-refractivity contribution in [3.8, 4) is 0 Å². The number of carboxylic acids is 1. The summed E-state index contributed by atoms with van der Waals surface area (Å²) in [7, 11) is 5.40. The Hall–Kier alpha value is -2.71. The van der Waals surface area contributed by atoms with Gasteiger partial charge in [0.05, 0.1) is 40.3 Å². The summed E-state index contributed by atoms with van der Waals surface area (Å²) in [4.78, 5) is 36.9. The smallest absolute Gasteiger partial charge is 0.306 e. The molecule has 8 nitrogen and oxygen atoms in total. The summed E-state index contributed by atoms with van der Waals surface area (Å²) in [5.74, 6) is -1.76. The molecule has 0 rings (SSSR count). The Bertz CT molecular complexity index is 1060. The van der Waals surface area contributed by atoms with Crippen LogP contribution in [-0.4, -0.2) is 75.5 Å². The summed E-state index contributed by atoms with van der Waals surface area (Å²) in [6.07, 6.45) is 45.6. The number of hydrogen-bond donors (Lipinski definition) is 0. The Balaban J connectivity index is 4.34. The van der Waals surface area contributed by atoms with Crippen molar-refractivity contribution in [3.63, 3.8) is 0 Å². The average Bonchev–Trinajstić information content (AvgIpc) is 3.15. The number of nitrogens with zero attached hydrogens (tertiary/aromatic N) is 1. The molecule has 8 heteroatoms. The minimum absolute atomic E-state index is 0.0339. The van der Waals surface area contributed by atoms with Crippen LogP contribution >= 0.6 is 0 Å². The molecule has 0 radical (unpaired) electrons. The number of carboxylic acid groups (broad SMARTS) is 1. The van der Waals surface area contributed by atoms with Gasteiger partial charge in [0, 0.05) is 19.3 Å². The molecular formula is C48H85NO7. The van der Waals surface area contributed by atoms with E-state index in [1.807, 2.05) is 24.3 Å². The summed E-state index contributed by atoms with van der Waals surface area (Å²) in [5.41, 5.74) is 0. The second-order valence-corrected chi connectivity index (χ2v) is 16.4. The molecule has 0 spiro atoms. The van der Waals surface area contributed by atoms with E-state index < -0.39 is 18.1 Å². The summed E-state index contributed by atoms with van der Waals surface area (Å²) < 4.78 is 17.2. The Morgan fingerprint density at radius 2 is 1.00 bits per heavy atom. The topological polar surface area (TPSA) is 102 Å². The van der Waals surface area contributed by atoms with Crippen molar-refractivity contribution >= 4 is 17.9 Å². The van der Waals surface area contributed by atoms with E-state index in [0.29, 0.717) is 12.8 Å². The van der Waals surface area contributed by atoms with Crippen molar-refractivity contribution in [2.75, 3.05) is 41.0 Å². The van der Waals surface area contributed by atoms with E-state index in [0.717, 1.165) is 64.2 Å². The molecule has 0 aromatic carbocycles. The highest BCUT2D eigenvalue weighted by molar-refractivity contribution is 5.70. The maximum atomic E-state index is 12.7. The van der Waals surface area contributed by atoms with E-state index >= 15 is 0 Å². The van der Waals surface area contributed by atoms with Crippen molar-refractivity contribution in [1.29, 1.82) is 0 Å². The first-order chi connectivity index (χ1) is 27.1. The lowest BCUT2D eigenvalue weighted by Gasteiger charge is -2.34. The van der Waals surface area contributed by atoms with Crippen LogP contribution in [0.5, 0.6) is 0 Å². The molecule has 0 saturated carbocycles. The number of carbonyl (C=O) groups excluding carboxylic acids is 3. The highest BCUT2D eigenvalue weighted by Gasteiger charge is 2.25. The van der Waals surface area contributed by atoms with E-state index in [9.17, 15) is 19.5 Å². The van der Waals surface area contributed by atoms with Crippen molar-refractivity contribution in [3.05, 3.63) is 48.6 Å². The molecule has 0 aliphatic heterocycles. The fourth-order valence-electron chi connectivity index (χ4n) is 6.55. The Kier molecular flexibility index (Phi) is 37.2. The van der Waals surface area contributed by atoms with Crippen LogP contribution in [0.25, 0.3) is 0 Å². The quantitative estimate of drug-likeness (QED) is 0.0264. The van der Waals surface area contributed by atoms with E-state index in [1.165, 1.54) is 89.9 Å². The number of aliphatic carboxylic acids is 1. The highest BCUT2D eigenvalue weighted by atomic mass is 16.6. The van der Waals surface area contributed by atoms with Crippen molar-refractivity contribution in [2.45, 2.75) is 199 Å². The van der Waals surface area contributed by atoms with Gasteiger partial charge < -0.3 is 28.6 Å². The molecule has 0 heterocycles. The Labute approximate surface area is 344 Å². The van der Waals surface area contributed by atoms with Crippen LogP contribution in [0.3, 0.4) is 0 Å². The summed E-state index contributed by atoms with van der Waals surface area (Å²) in [5, 5.41) is 11.6. The third-order valence-electron chi connectivity index (χ3n) is 10.1. The van der Waals surface area contributed by atoms with E-state index in [2.05, 4.69) is 38.2 Å². The molecule has 0 bridgehead atoms. The normalized spacial score (nSPS) is 13.4. The number of likely N-dealkylation sites (N-methyl/N-ethyl adjacent to an activating group) is 1. The molecule has 0 saturated heterocycles. The fraction of sp³-hybridized carbons (Fsp3) is 0.771. The van der Waals surface area contributed by atoms with E-state index in [-0.39, 0.29) is 42.7 Å². The molecule has 0 aliphatic carbocycles. The maximum absolute atomic E-state index is 12.7. The highest BCUT2D eigenvalue weighted by Crippen LogP contribution is 2.15. The van der Waals surface area contributed by atoms with Gasteiger partial charge in [-0.1, -0.05) is 184 Å². The summed E-state index contributed by atoms with van der Waals surface area (Å²) >= 11 is 0. The zero-order valence-corrected chi connectivity index (χ0v) is 36.8. The third kappa shape index (κ3) is 36.9. The number of hydrogen-bond acceptors (Lipinski definition) is 7. The number of unbranched alkanes of at least 4 members (excludes halogenated alkanes) is 21. The molecule has 0 N–H and O–H groups in total. The van der Waals surface area contributed by atoms with Crippen LogP contribution in [0.2, 0.25) is 0 Å². The zero-order valence-electron chi connectivity index (χ0n) is 36.8. The van der Waals surface area contributed by atoms with Gasteiger partial charge in [0.15, 0.2) is 6.10 Å². The largest absolute Gasteiger partial charge is 0.544 e. The van der Waals surface area contributed by atoms with E-state index in [4.69, 9.17) is 14.2 Å². The minimum Gasteiger partial charge on any atom is -0.544 e. The number of carbonyl (C=O) groups is 3. The van der Waals surface area contributed by atoms with Gasteiger partial charge in [0.25, 0.3) is 0 Å². The van der Waals surface area contributed by atoms with Gasteiger partial charge in [-0.2, -0.15) is 0 Å². The standard InChI is InChI=1S/C48H85NO7/c1-6-8-10-12-14-16-18-20-22-23-25-27-29-31-33-35-37-39-47(51)56-44(42-54-41-40-45(48(52)53)49(3,4)5)43-55-46(50)38-36-34-32-30-28-26-24-21-19-17-15-13-11-9-7-2/h9,11,13,15,17,19,21,24,44-45H,6-8,10,12,14,16,18,20,22-23,25-43H2,1-5H3/b11-9+,15-13+,19-17+,24-21+. The molecule has 0 fully saturated rings. The molecule has 2 unspecified atom stereocenters.